The number of piperazine rings is 1. The summed E-state index contributed by atoms with van der Waals surface area (Å²) >= 11 is 0. The standard InChI is InChI=1S/C20H35N3O2/c1-19(2,3)16-24-14-13-22-9-11-23(12-10-22)17-7-8-18(21-15-17)25-20(4,5)6/h7-8,15H,9-14,16H2,1-6H3. The Morgan fingerprint density at radius 1 is 1.00 bits per heavy atom. The molecule has 1 aliphatic rings. The van der Waals surface area contributed by atoms with Gasteiger partial charge in [0.25, 0.3) is 0 Å². The first-order valence-electron chi connectivity index (χ1n) is 9.33. The molecule has 1 aromatic rings. The van der Waals surface area contributed by atoms with Gasteiger partial charge in [0.05, 0.1) is 25.1 Å². The Balaban J connectivity index is 1.72. The molecule has 1 aromatic heterocycles. The van der Waals surface area contributed by atoms with Crippen molar-refractivity contribution in [2.45, 2.75) is 47.1 Å². The maximum absolute atomic E-state index is 5.79. The molecule has 0 aliphatic carbocycles. The second-order valence-electron chi connectivity index (χ2n) is 9.01. The van der Waals surface area contributed by atoms with E-state index in [0.29, 0.717) is 5.88 Å². The van der Waals surface area contributed by atoms with E-state index in [1.54, 1.807) is 0 Å². The highest BCUT2D eigenvalue weighted by Crippen LogP contribution is 2.21. The van der Waals surface area contributed by atoms with E-state index in [1.165, 1.54) is 5.69 Å². The molecule has 2 rings (SSSR count). The quantitative estimate of drug-likeness (QED) is 0.736. The Bertz CT molecular complexity index is 509. The lowest BCUT2D eigenvalue weighted by molar-refractivity contribution is 0.0537. The summed E-state index contributed by atoms with van der Waals surface area (Å²) in [7, 11) is 0. The topological polar surface area (TPSA) is 37.8 Å². The van der Waals surface area contributed by atoms with Crippen LogP contribution in [0.1, 0.15) is 41.5 Å². The summed E-state index contributed by atoms with van der Waals surface area (Å²) in [6.45, 7) is 19.6. The molecule has 5 heteroatoms. The molecule has 0 atom stereocenters. The minimum atomic E-state index is -0.213. The average molecular weight is 350 g/mol. The van der Waals surface area contributed by atoms with Crippen LogP contribution in [0.4, 0.5) is 5.69 Å². The molecular weight excluding hydrogens is 314 g/mol. The third-order valence-electron chi connectivity index (χ3n) is 3.96. The van der Waals surface area contributed by atoms with Crippen LogP contribution >= 0.6 is 0 Å². The predicted molar refractivity (Wildman–Crippen MR) is 104 cm³/mol. The predicted octanol–water partition coefficient (Wildman–Crippen LogP) is 3.44. The molecule has 1 aliphatic heterocycles. The Morgan fingerprint density at radius 3 is 2.20 bits per heavy atom. The fraction of sp³-hybridized carbons (Fsp3) is 0.750. The summed E-state index contributed by atoms with van der Waals surface area (Å²) in [5.74, 6) is 0.686. The third kappa shape index (κ3) is 7.61. The molecule has 0 bridgehead atoms. The molecule has 0 spiro atoms. The second-order valence-corrected chi connectivity index (χ2v) is 9.01. The van der Waals surface area contributed by atoms with Gasteiger partial charge in [0.15, 0.2) is 0 Å². The third-order valence-corrected chi connectivity index (χ3v) is 3.96. The van der Waals surface area contributed by atoms with Crippen molar-refractivity contribution in [3.05, 3.63) is 18.3 Å². The lowest BCUT2D eigenvalue weighted by atomic mass is 9.99. The first kappa shape index (κ1) is 20.0. The number of rotatable bonds is 6. The van der Waals surface area contributed by atoms with Crippen LogP contribution in [-0.4, -0.2) is 61.4 Å². The van der Waals surface area contributed by atoms with E-state index in [2.05, 4.69) is 41.6 Å². The number of nitrogens with zero attached hydrogens (tertiary/aromatic N) is 3. The van der Waals surface area contributed by atoms with E-state index >= 15 is 0 Å². The number of hydrogen-bond acceptors (Lipinski definition) is 5. The largest absolute Gasteiger partial charge is 0.472 e. The fourth-order valence-electron chi connectivity index (χ4n) is 2.74. The minimum Gasteiger partial charge on any atom is -0.472 e. The van der Waals surface area contributed by atoms with Gasteiger partial charge in [0.2, 0.25) is 5.88 Å². The zero-order chi connectivity index (χ0) is 18.5. The monoisotopic (exact) mass is 349 g/mol. The van der Waals surface area contributed by atoms with Gasteiger partial charge in [0, 0.05) is 38.8 Å². The molecule has 0 amide bonds. The average Bonchev–Trinajstić information content (AvgIpc) is 2.51. The SMILES string of the molecule is CC(C)(C)COCCN1CCN(c2ccc(OC(C)(C)C)nc2)CC1. The molecule has 2 heterocycles. The van der Waals surface area contributed by atoms with Gasteiger partial charge in [-0.3, -0.25) is 4.90 Å². The highest BCUT2D eigenvalue weighted by atomic mass is 16.5. The normalized spacial score (nSPS) is 17.0. The Morgan fingerprint density at radius 2 is 1.68 bits per heavy atom. The van der Waals surface area contributed by atoms with Crippen LogP contribution in [0.5, 0.6) is 5.88 Å². The van der Waals surface area contributed by atoms with Gasteiger partial charge in [-0.25, -0.2) is 4.98 Å². The summed E-state index contributed by atoms with van der Waals surface area (Å²) in [5, 5.41) is 0. The maximum atomic E-state index is 5.79. The van der Waals surface area contributed by atoms with Crippen LogP contribution in [0.2, 0.25) is 0 Å². The van der Waals surface area contributed by atoms with Crippen molar-refractivity contribution in [2.24, 2.45) is 5.41 Å². The molecule has 0 aromatic carbocycles. The second kappa shape index (κ2) is 8.37. The van der Waals surface area contributed by atoms with Crippen molar-refractivity contribution in [1.29, 1.82) is 0 Å². The van der Waals surface area contributed by atoms with Crippen molar-refractivity contribution in [1.82, 2.24) is 9.88 Å². The van der Waals surface area contributed by atoms with Crippen molar-refractivity contribution in [2.75, 3.05) is 50.8 Å². The fourth-order valence-corrected chi connectivity index (χ4v) is 2.74. The summed E-state index contributed by atoms with van der Waals surface area (Å²) < 4.78 is 11.6. The summed E-state index contributed by atoms with van der Waals surface area (Å²) in [4.78, 5) is 9.31. The highest BCUT2D eigenvalue weighted by Gasteiger charge is 2.18. The first-order chi connectivity index (χ1) is 11.6. The van der Waals surface area contributed by atoms with Crippen LogP contribution in [-0.2, 0) is 4.74 Å². The number of pyridine rings is 1. The maximum Gasteiger partial charge on any atom is 0.213 e. The Hall–Kier alpha value is -1.33. The molecule has 0 unspecified atom stereocenters. The molecule has 0 radical (unpaired) electrons. The van der Waals surface area contributed by atoms with E-state index in [-0.39, 0.29) is 11.0 Å². The number of ether oxygens (including phenoxy) is 2. The molecule has 5 nitrogen and oxygen atoms in total. The molecule has 1 saturated heterocycles. The van der Waals surface area contributed by atoms with E-state index in [0.717, 1.165) is 45.9 Å². The van der Waals surface area contributed by atoms with Crippen LogP contribution < -0.4 is 9.64 Å². The van der Waals surface area contributed by atoms with E-state index in [1.807, 2.05) is 33.0 Å². The summed E-state index contributed by atoms with van der Waals surface area (Å²) in [6.07, 6.45) is 1.92. The van der Waals surface area contributed by atoms with E-state index < -0.39 is 0 Å². The van der Waals surface area contributed by atoms with Crippen LogP contribution in [0.15, 0.2) is 18.3 Å². The van der Waals surface area contributed by atoms with Crippen LogP contribution in [0, 0.1) is 5.41 Å². The van der Waals surface area contributed by atoms with Crippen LogP contribution in [0.25, 0.3) is 0 Å². The number of aromatic nitrogens is 1. The van der Waals surface area contributed by atoms with Gasteiger partial charge in [-0.15, -0.1) is 0 Å². The van der Waals surface area contributed by atoms with Gasteiger partial charge in [-0.2, -0.15) is 0 Å². The number of hydrogen-bond donors (Lipinski definition) is 0. The minimum absolute atomic E-state index is 0.213. The number of anilines is 1. The smallest absolute Gasteiger partial charge is 0.213 e. The van der Waals surface area contributed by atoms with Gasteiger partial charge in [-0.1, -0.05) is 20.8 Å². The first-order valence-corrected chi connectivity index (χ1v) is 9.33. The van der Waals surface area contributed by atoms with Gasteiger partial charge in [0.1, 0.15) is 5.60 Å². The van der Waals surface area contributed by atoms with Gasteiger partial charge in [-0.05, 0) is 32.3 Å². The zero-order valence-corrected chi connectivity index (χ0v) is 16.8. The summed E-state index contributed by atoms with van der Waals surface area (Å²) in [6, 6.07) is 4.07. The zero-order valence-electron chi connectivity index (χ0n) is 16.8. The van der Waals surface area contributed by atoms with Crippen molar-refractivity contribution in [3.8, 4) is 5.88 Å². The van der Waals surface area contributed by atoms with E-state index in [9.17, 15) is 0 Å². The molecular formula is C20H35N3O2. The highest BCUT2D eigenvalue weighted by molar-refractivity contribution is 5.45. The Labute approximate surface area is 153 Å². The molecule has 0 saturated carbocycles. The molecule has 25 heavy (non-hydrogen) atoms. The summed E-state index contributed by atoms with van der Waals surface area (Å²) in [5.41, 5.74) is 1.20. The van der Waals surface area contributed by atoms with Gasteiger partial charge >= 0.3 is 0 Å². The molecule has 1 fully saturated rings. The van der Waals surface area contributed by atoms with Crippen LogP contribution in [0.3, 0.4) is 0 Å². The van der Waals surface area contributed by atoms with Crippen molar-refractivity contribution < 1.29 is 9.47 Å². The van der Waals surface area contributed by atoms with Crippen molar-refractivity contribution in [3.63, 3.8) is 0 Å². The van der Waals surface area contributed by atoms with Crippen molar-refractivity contribution >= 4 is 5.69 Å². The molecule has 0 N–H and O–H groups in total. The van der Waals surface area contributed by atoms with Gasteiger partial charge < -0.3 is 14.4 Å². The Kier molecular flexibility index (Phi) is 6.69. The lowest BCUT2D eigenvalue weighted by Gasteiger charge is -2.36. The van der Waals surface area contributed by atoms with E-state index in [4.69, 9.17) is 9.47 Å². The lowest BCUT2D eigenvalue weighted by Crippen LogP contribution is -2.47. The molecule has 142 valence electrons.